The van der Waals surface area contributed by atoms with E-state index in [0.29, 0.717) is 5.92 Å². The van der Waals surface area contributed by atoms with Crippen LogP contribution in [0.4, 0.5) is 5.69 Å². The number of pyridine rings is 1. The fourth-order valence-electron chi connectivity index (χ4n) is 2.41. The molecule has 5 N–H and O–H groups in total. The van der Waals surface area contributed by atoms with E-state index in [-0.39, 0.29) is 11.7 Å². The highest BCUT2D eigenvalue weighted by Gasteiger charge is 2.21. The van der Waals surface area contributed by atoms with E-state index in [2.05, 4.69) is 10.3 Å². The van der Waals surface area contributed by atoms with Gasteiger partial charge in [-0.25, -0.2) is 0 Å². The van der Waals surface area contributed by atoms with E-state index in [4.69, 9.17) is 11.5 Å². The van der Waals surface area contributed by atoms with Crippen molar-refractivity contribution in [2.75, 3.05) is 11.9 Å². The van der Waals surface area contributed by atoms with Crippen LogP contribution in [0, 0.1) is 5.92 Å². The summed E-state index contributed by atoms with van der Waals surface area (Å²) >= 11 is 0. The maximum absolute atomic E-state index is 11.0. The lowest BCUT2D eigenvalue weighted by molar-refractivity contribution is 0.0995. The van der Waals surface area contributed by atoms with Gasteiger partial charge in [-0.1, -0.05) is 12.8 Å². The van der Waals surface area contributed by atoms with E-state index in [9.17, 15) is 4.79 Å². The zero-order chi connectivity index (χ0) is 13.0. The molecule has 1 fully saturated rings. The largest absolute Gasteiger partial charge is 0.385 e. The molecule has 1 aromatic heterocycles. The number of nitrogens with one attached hydrogen (secondary N) is 1. The van der Waals surface area contributed by atoms with E-state index in [1.165, 1.54) is 19.3 Å². The Bertz CT molecular complexity index is 421. The summed E-state index contributed by atoms with van der Waals surface area (Å²) in [7, 11) is 0. The summed E-state index contributed by atoms with van der Waals surface area (Å²) in [6.07, 6.45) is 6.35. The second-order valence-electron chi connectivity index (χ2n) is 4.88. The molecule has 1 aliphatic carbocycles. The van der Waals surface area contributed by atoms with Crippen molar-refractivity contribution in [3.05, 3.63) is 24.0 Å². The number of rotatable bonds is 4. The third-order valence-electron chi connectivity index (χ3n) is 3.55. The molecule has 2 unspecified atom stereocenters. The minimum atomic E-state index is -0.506. The van der Waals surface area contributed by atoms with Crippen LogP contribution in [0.25, 0.3) is 0 Å². The quantitative estimate of drug-likeness (QED) is 0.744. The van der Waals surface area contributed by atoms with Crippen molar-refractivity contribution in [1.29, 1.82) is 0 Å². The van der Waals surface area contributed by atoms with Crippen molar-refractivity contribution in [1.82, 2.24) is 4.98 Å². The van der Waals surface area contributed by atoms with Crippen molar-refractivity contribution < 1.29 is 4.79 Å². The summed E-state index contributed by atoms with van der Waals surface area (Å²) in [5.41, 5.74) is 12.4. The van der Waals surface area contributed by atoms with E-state index in [1.807, 2.05) is 6.07 Å². The first-order valence-corrected chi connectivity index (χ1v) is 6.42. The lowest BCUT2D eigenvalue weighted by Crippen LogP contribution is -2.37. The lowest BCUT2D eigenvalue weighted by Gasteiger charge is -2.28. The Balaban J connectivity index is 1.93. The van der Waals surface area contributed by atoms with Gasteiger partial charge in [0.1, 0.15) is 5.69 Å². The molecule has 2 rings (SSSR count). The molecule has 0 aromatic carbocycles. The van der Waals surface area contributed by atoms with Gasteiger partial charge in [-0.3, -0.25) is 9.78 Å². The minimum absolute atomic E-state index is 0.281. The van der Waals surface area contributed by atoms with Crippen LogP contribution < -0.4 is 16.8 Å². The number of anilines is 1. The number of aromatic nitrogens is 1. The lowest BCUT2D eigenvalue weighted by atomic mass is 9.85. The van der Waals surface area contributed by atoms with Crippen LogP contribution in [0.2, 0.25) is 0 Å². The number of primary amides is 1. The summed E-state index contributed by atoms with van der Waals surface area (Å²) in [5, 5.41) is 3.31. The van der Waals surface area contributed by atoms with Crippen LogP contribution in [0.3, 0.4) is 0 Å². The van der Waals surface area contributed by atoms with Gasteiger partial charge in [0.05, 0.1) is 0 Å². The molecule has 2 atom stereocenters. The Labute approximate surface area is 107 Å². The predicted octanol–water partition coefficient (Wildman–Crippen LogP) is 1.11. The SMILES string of the molecule is NC(=O)c1cc(NCC2CCCCC2N)ccn1. The molecule has 0 aliphatic heterocycles. The first-order chi connectivity index (χ1) is 8.66. The van der Waals surface area contributed by atoms with Crippen molar-refractivity contribution in [3.8, 4) is 0 Å². The zero-order valence-electron chi connectivity index (χ0n) is 10.4. The van der Waals surface area contributed by atoms with Crippen LogP contribution in [0.5, 0.6) is 0 Å². The standard InChI is InChI=1S/C13H20N4O/c14-11-4-2-1-3-9(11)8-17-10-5-6-16-12(7-10)13(15)18/h5-7,9,11H,1-4,8,14H2,(H2,15,18)(H,16,17). The number of hydrogen-bond donors (Lipinski definition) is 3. The molecule has 1 saturated carbocycles. The van der Waals surface area contributed by atoms with Gasteiger partial charge in [-0.05, 0) is 30.9 Å². The van der Waals surface area contributed by atoms with Crippen LogP contribution in [0.1, 0.15) is 36.2 Å². The van der Waals surface area contributed by atoms with Gasteiger partial charge in [0.15, 0.2) is 0 Å². The highest BCUT2D eigenvalue weighted by atomic mass is 16.1. The summed E-state index contributed by atoms with van der Waals surface area (Å²) in [6.45, 7) is 0.837. The van der Waals surface area contributed by atoms with Gasteiger partial charge in [-0.15, -0.1) is 0 Å². The van der Waals surface area contributed by atoms with Crippen molar-refractivity contribution in [2.45, 2.75) is 31.7 Å². The fourth-order valence-corrected chi connectivity index (χ4v) is 2.41. The monoisotopic (exact) mass is 248 g/mol. The number of carbonyl (C=O) groups excluding carboxylic acids is 1. The van der Waals surface area contributed by atoms with Crippen molar-refractivity contribution >= 4 is 11.6 Å². The molecule has 1 heterocycles. The normalized spacial score (nSPS) is 23.6. The second kappa shape index (κ2) is 5.82. The molecule has 0 radical (unpaired) electrons. The summed E-state index contributed by atoms with van der Waals surface area (Å²) in [5.74, 6) is -0.00281. The minimum Gasteiger partial charge on any atom is -0.385 e. The van der Waals surface area contributed by atoms with Crippen LogP contribution in [0.15, 0.2) is 18.3 Å². The Morgan fingerprint density at radius 3 is 2.94 bits per heavy atom. The van der Waals surface area contributed by atoms with Gasteiger partial charge in [-0.2, -0.15) is 0 Å². The highest BCUT2D eigenvalue weighted by molar-refractivity contribution is 5.91. The smallest absolute Gasteiger partial charge is 0.267 e. The van der Waals surface area contributed by atoms with Crippen LogP contribution >= 0.6 is 0 Å². The molecular formula is C13H20N4O. The molecule has 0 bridgehead atoms. The van der Waals surface area contributed by atoms with Gasteiger partial charge < -0.3 is 16.8 Å². The number of nitrogens with zero attached hydrogens (tertiary/aromatic N) is 1. The van der Waals surface area contributed by atoms with E-state index >= 15 is 0 Å². The van der Waals surface area contributed by atoms with E-state index < -0.39 is 5.91 Å². The maximum Gasteiger partial charge on any atom is 0.267 e. The summed E-state index contributed by atoms with van der Waals surface area (Å²) < 4.78 is 0. The summed E-state index contributed by atoms with van der Waals surface area (Å²) in [6, 6.07) is 3.79. The third-order valence-corrected chi connectivity index (χ3v) is 3.55. The average molecular weight is 248 g/mol. The topological polar surface area (TPSA) is 94.0 Å². The van der Waals surface area contributed by atoms with Gasteiger partial charge in [0.25, 0.3) is 5.91 Å². The van der Waals surface area contributed by atoms with Gasteiger partial charge >= 0.3 is 0 Å². The second-order valence-corrected chi connectivity index (χ2v) is 4.88. The summed E-state index contributed by atoms with van der Waals surface area (Å²) in [4.78, 5) is 14.9. The number of amides is 1. The number of hydrogen-bond acceptors (Lipinski definition) is 4. The molecule has 5 heteroatoms. The molecule has 18 heavy (non-hydrogen) atoms. The Morgan fingerprint density at radius 1 is 1.44 bits per heavy atom. The zero-order valence-corrected chi connectivity index (χ0v) is 10.4. The predicted molar refractivity (Wildman–Crippen MR) is 71.2 cm³/mol. The average Bonchev–Trinajstić information content (AvgIpc) is 2.38. The molecule has 1 amide bonds. The Hall–Kier alpha value is -1.62. The van der Waals surface area contributed by atoms with E-state index in [1.54, 1.807) is 12.3 Å². The molecule has 1 aromatic rings. The van der Waals surface area contributed by atoms with Gasteiger partial charge in [0, 0.05) is 24.5 Å². The maximum atomic E-state index is 11.0. The van der Waals surface area contributed by atoms with Crippen molar-refractivity contribution in [3.63, 3.8) is 0 Å². The first kappa shape index (κ1) is 12.8. The third kappa shape index (κ3) is 3.20. The Morgan fingerprint density at radius 2 is 2.22 bits per heavy atom. The molecular weight excluding hydrogens is 228 g/mol. The van der Waals surface area contributed by atoms with Crippen molar-refractivity contribution in [2.24, 2.45) is 17.4 Å². The molecule has 98 valence electrons. The number of nitrogens with two attached hydrogens (primary N) is 2. The van der Waals surface area contributed by atoms with Gasteiger partial charge in [0.2, 0.25) is 0 Å². The van der Waals surface area contributed by atoms with E-state index in [0.717, 1.165) is 18.7 Å². The highest BCUT2D eigenvalue weighted by Crippen LogP contribution is 2.23. The molecule has 1 aliphatic rings. The molecule has 5 nitrogen and oxygen atoms in total. The fraction of sp³-hybridized carbons (Fsp3) is 0.538. The number of carbonyl (C=O) groups is 1. The van der Waals surface area contributed by atoms with Crippen LogP contribution in [-0.4, -0.2) is 23.5 Å². The Kier molecular flexibility index (Phi) is 4.15. The molecule has 0 spiro atoms. The first-order valence-electron chi connectivity index (χ1n) is 6.42. The van der Waals surface area contributed by atoms with Crippen LogP contribution in [-0.2, 0) is 0 Å². The molecule has 0 saturated heterocycles.